The lowest BCUT2D eigenvalue weighted by molar-refractivity contribution is -0.145. The Kier molecular flexibility index (Phi) is 13.3. The van der Waals surface area contributed by atoms with E-state index in [1.165, 1.54) is 23.5 Å². The van der Waals surface area contributed by atoms with Crippen LogP contribution >= 0.6 is 0 Å². The van der Waals surface area contributed by atoms with E-state index >= 15 is 0 Å². The molecule has 13 nitrogen and oxygen atoms in total. The number of amides is 5. The molecule has 1 aromatic carbocycles. The molecule has 0 bridgehead atoms. The molecule has 4 N–H and O–H groups in total. The van der Waals surface area contributed by atoms with Crippen LogP contribution in [-0.4, -0.2) is 87.3 Å². The van der Waals surface area contributed by atoms with Gasteiger partial charge in [0.25, 0.3) is 11.8 Å². The summed E-state index contributed by atoms with van der Waals surface area (Å²) in [5.41, 5.74) is 0.705. The van der Waals surface area contributed by atoms with Crippen LogP contribution in [0, 0.1) is 23.7 Å². The van der Waals surface area contributed by atoms with E-state index in [9.17, 15) is 37.5 Å². The van der Waals surface area contributed by atoms with Gasteiger partial charge in [-0.2, -0.15) is 0 Å². The molecular weight excluding hydrogens is 664 g/mol. The van der Waals surface area contributed by atoms with Crippen LogP contribution in [0.4, 0.5) is 8.78 Å². The van der Waals surface area contributed by atoms with Crippen LogP contribution < -0.4 is 21.3 Å². The van der Waals surface area contributed by atoms with Gasteiger partial charge in [-0.15, -0.1) is 0 Å². The fraction of sp³-hybridized carbons (Fsp3) is 0.556. The van der Waals surface area contributed by atoms with E-state index in [2.05, 4.69) is 31.2 Å². The number of ketones is 1. The average molecular weight is 712 g/mol. The molecule has 2 fully saturated rings. The van der Waals surface area contributed by atoms with Gasteiger partial charge in [0.1, 0.15) is 29.9 Å². The molecule has 276 valence electrons. The zero-order valence-corrected chi connectivity index (χ0v) is 29.5. The zero-order chi connectivity index (χ0) is 37.4. The van der Waals surface area contributed by atoms with Gasteiger partial charge in [0.2, 0.25) is 29.9 Å². The number of halogens is 2. The number of nitrogens with zero attached hydrogens (tertiary/aromatic N) is 3. The molecule has 2 heterocycles. The third-order valence-corrected chi connectivity index (χ3v) is 9.62. The van der Waals surface area contributed by atoms with Crippen LogP contribution in [0.1, 0.15) is 82.4 Å². The zero-order valence-electron chi connectivity index (χ0n) is 29.5. The molecule has 5 amide bonds. The second kappa shape index (κ2) is 17.4. The molecule has 15 heteroatoms. The third kappa shape index (κ3) is 9.70. The van der Waals surface area contributed by atoms with Crippen LogP contribution in [0.15, 0.2) is 48.9 Å². The quantitative estimate of drug-likeness (QED) is 0.204. The molecular formula is C36H47F2N7O6. The lowest BCUT2D eigenvalue weighted by Gasteiger charge is -2.34. The SMILES string of the molecule is CC(C)[C@H](NC(=O)c1cnccn1)C(=O)N[C@H](C(=O)N1C[C@@H]2CCC[C@@H]2[C@H]1C(=O)NC(CC(F)F)C(=O)C(=O)N[C@@H](C)c1ccccc1)C(C)C. The van der Waals surface area contributed by atoms with Gasteiger partial charge in [0.15, 0.2) is 0 Å². The Morgan fingerprint density at radius 2 is 1.55 bits per heavy atom. The number of carbonyl (C=O) groups excluding carboxylic acids is 6. The Labute approximate surface area is 296 Å². The molecule has 1 unspecified atom stereocenters. The van der Waals surface area contributed by atoms with E-state index in [1.54, 1.807) is 65.0 Å². The Balaban J connectivity index is 1.51. The first kappa shape index (κ1) is 39.0. The topological polar surface area (TPSA) is 180 Å². The highest BCUT2D eigenvalue weighted by molar-refractivity contribution is 6.38. The summed E-state index contributed by atoms with van der Waals surface area (Å²) in [5.74, 6) is -6.13. The van der Waals surface area contributed by atoms with Crippen molar-refractivity contribution < 1.29 is 37.5 Å². The summed E-state index contributed by atoms with van der Waals surface area (Å²) in [6.07, 6.45) is 2.04. The van der Waals surface area contributed by atoms with E-state index in [1.807, 2.05) is 0 Å². The predicted molar refractivity (Wildman–Crippen MR) is 182 cm³/mol. The predicted octanol–water partition coefficient (Wildman–Crippen LogP) is 2.59. The number of aromatic nitrogens is 2. The average Bonchev–Trinajstić information content (AvgIpc) is 3.70. The van der Waals surface area contributed by atoms with Crippen LogP contribution in [0.5, 0.6) is 0 Å². The first-order valence-corrected chi connectivity index (χ1v) is 17.3. The normalized spacial score (nSPS) is 20.7. The standard InChI is InChI=1S/C36H47F2N7O6/c1-19(2)28(43-32(47)26-17-39-14-15-40-26)33(48)44-29(20(3)4)36(51)45-18-23-12-9-13-24(23)30(45)34(49)42-25(16-27(37)38)31(46)35(50)41-21(5)22-10-7-6-8-11-22/h6-8,10-11,14-15,17,19-21,23-25,27-30H,9,12-13,16,18H2,1-5H3,(H,41,50)(H,42,49)(H,43,47)(H,44,48)/t21-,23-,24-,25?,28-,29-,30-/m0/s1. The van der Waals surface area contributed by atoms with Crippen LogP contribution in [0.3, 0.4) is 0 Å². The maximum absolute atomic E-state index is 14.2. The first-order valence-electron chi connectivity index (χ1n) is 17.3. The summed E-state index contributed by atoms with van der Waals surface area (Å²) in [6.45, 7) is 8.75. The highest BCUT2D eigenvalue weighted by atomic mass is 19.3. The molecule has 1 aliphatic heterocycles. The number of alkyl halides is 2. The smallest absolute Gasteiger partial charge is 0.290 e. The number of benzene rings is 1. The Bertz CT molecular complexity index is 1560. The van der Waals surface area contributed by atoms with Crippen molar-refractivity contribution >= 4 is 35.3 Å². The number of fused-ring (bicyclic) bond motifs is 1. The Hall–Kier alpha value is -4.82. The van der Waals surface area contributed by atoms with Crippen molar-refractivity contribution in [2.24, 2.45) is 23.7 Å². The fourth-order valence-electron chi connectivity index (χ4n) is 6.89. The summed E-state index contributed by atoms with van der Waals surface area (Å²) in [4.78, 5) is 89.9. The summed E-state index contributed by atoms with van der Waals surface area (Å²) in [7, 11) is 0. The van der Waals surface area contributed by atoms with Crippen molar-refractivity contribution in [2.75, 3.05) is 6.54 Å². The fourth-order valence-corrected chi connectivity index (χ4v) is 6.89. The lowest BCUT2D eigenvalue weighted by atomic mass is 9.92. The number of rotatable bonds is 15. The summed E-state index contributed by atoms with van der Waals surface area (Å²) in [5, 5.41) is 10.3. The van der Waals surface area contributed by atoms with E-state index in [0.717, 1.165) is 12.8 Å². The molecule has 2 aromatic rings. The third-order valence-electron chi connectivity index (χ3n) is 9.62. The largest absolute Gasteiger partial charge is 0.344 e. The monoisotopic (exact) mass is 711 g/mol. The molecule has 1 saturated heterocycles. The maximum atomic E-state index is 14.2. The highest BCUT2D eigenvalue weighted by Crippen LogP contribution is 2.42. The Morgan fingerprint density at radius 1 is 0.863 bits per heavy atom. The van der Waals surface area contributed by atoms with Gasteiger partial charge >= 0.3 is 0 Å². The van der Waals surface area contributed by atoms with Crippen LogP contribution in [0.25, 0.3) is 0 Å². The summed E-state index contributed by atoms with van der Waals surface area (Å²) in [6, 6.07) is 3.07. The molecule has 0 radical (unpaired) electrons. The number of hydrogen-bond donors (Lipinski definition) is 4. The molecule has 2 aliphatic rings. The molecule has 1 aliphatic carbocycles. The molecule has 51 heavy (non-hydrogen) atoms. The molecule has 1 aromatic heterocycles. The number of hydrogen-bond acceptors (Lipinski definition) is 8. The summed E-state index contributed by atoms with van der Waals surface area (Å²) < 4.78 is 27.4. The van der Waals surface area contributed by atoms with E-state index in [4.69, 9.17) is 0 Å². The van der Waals surface area contributed by atoms with Crippen LogP contribution in [0.2, 0.25) is 0 Å². The van der Waals surface area contributed by atoms with Gasteiger partial charge in [-0.1, -0.05) is 64.4 Å². The second-order valence-corrected chi connectivity index (χ2v) is 14.0. The van der Waals surface area contributed by atoms with Crippen molar-refractivity contribution in [2.45, 2.75) is 96.9 Å². The Morgan fingerprint density at radius 3 is 2.16 bits per heavy atom. The van der Waals surface area contributed by atoms with Crippen molar-refractivity contribution in [1.29, 1.82) is 0 Å². The lowest BCUT2D eigenvalue weighted by Crippen LogP contribution is -2.60. The summed E-state index contributed by atoms with van der Waals surface area (Å²) >= 11 is 0. The van der Waals surface area contributed by atoms with Crippen LogP contribution in [-0.2, 0) is 24.0 Å². The second-order valence-electron chi connectivity index (χ2n) is 14.0. The maximum Gasteiger partial charge on any atom is 0.290 e. The number of likely N-dealkylation sites (tertiary alicyclic amines) is 1. The van der Waals surface area contributed by atoms with Crippen molar-refractivity contribution in [3.8, 4) is 0 Å². The number of carbonyl (C=O) groups is 6. The number of Topliss-reactive ketones (excluding diaryl/α,β-unsaturated/α-hetero) is 1. The van der Waals surface area contributed by atoms with Gasteiger partial charge < -0.3 is 26.2 Å². The minimum absolute atomic E-state index is 0.0108. The van der Waals surface area contributed by atoms with E-state index in [-0.39, 0.29) is 30.0 Å². The van der Waals surface area contributed by atoms with E-state index in [0.29, 0.717) is 12.0 Å². The van der Waals surface area contributed by atoms with Gasteiger partial charge in [0.05, 0.1) is 12.2 Å². The highest BCUT2D eigenvalue weighted by Gasteiger charge is 2.51. The van der Waals surface area contributed by atoms with Gasteiger partial charge in [0, 0.05) is 25.4 Å². The molecule has 1 saturated carbocycles. The van der Waals surface area contributed by atoms with Gasteiger partial charge in [-0.05, 0) is 49.0 Å². The van der Waals surface area contributed by atoms with Crippen molar-refractivity contribution in [3.63, 3.8) is 0 Å². The molecule has 0 spiro atoms. The first-order chi connectivity index (χ1) is 24.2. The number of nitrogens with one attached hydrogen (secondary N) is 4. The molecule has 7 atom stereocenters. The molecule has 4 rings (SSSR count). The minimum Gasteiger partial charge on any atom is -0.344 e. The van der Waals surface area contributed by atoms with Gasteiger partial charge in [-0.25, -0.2) is 13.8 Å². The van der Waals surface area contributed by atoms with E-state index < -0.39 is 84.3 Å². The van der Waals surface area contributed by atoms with Crippen molar-refractivity contribution in [1.82, 2.24) is 36.1 Å². The minimum atomic E-state index is -3.01. The van der Waals surface area contributed by atoms with Crippen molar-refractivity contribution in [3.05, 3.63) is 60.2 Å². The van der Waals surface area contributed by atoms with Gasteiger partial charge in [-0.3, -0.25) is 33.8 Å².